The summed E-state index contributed by atoms with van der Waals surface area (Å²) in [6, 6.07) is 6.13. The molecule has 0 unspecified atom stereocenters. The average molecular weight is 609 g/mol. The van der Waals surface area contributed by atoms with Gasteiger partial charge in [0.15, 0.2) is 5.76 Å². The number of furan rings is 1. The Bertz CT molecular complexity index is 1440. The van der Waals surface area contributed by atoms with Gasteiger partial charge >= 0.3 is 12.1 Å². The Kier molecular flexibility index (Phi) is 8.71. The van der Waals surface area contributed by atoms with Crippen molar-refractivity contribution in [1.82, 2.24) is 20.9 Å². The van der Waals surface area contributed by atoms with Gasteiger partial charge < -0.3 is 35.1 Å². The summed E-state index contributed by atoms with van der Waals surface area (Å²) >= 11 is 0. The minimum Gasteiger partial charge on any atom is -0.479 e. The molecule has 0 spiro atoms. The average Bonchev–Trinajstić information content (AvgIpc) is 3.27. The number of carbonyl (C=O) groups excluding carboxylic acids is 4. The normalized spacial score (nSPS) is 28.5. The zero-order chi connectivity index (χ0) is 31.6. The van der Waals surface area contributed by atoms with Crippen molar-refractivity contribution < 1.29 is 38.2 Å². The fourth-order valence-corrected chi connectivity index (χ4v) is 6.00. The molecule has 2 fully saturated rings. The van der Waals surface area contributed by atoms with E-state index in [1.807, 2.05) is 24.3 Å². The third kappa shape index (κ3) is 6.89. The van der Waals surface area contributed by atoms with Crippen molar-refractivity contribution in [2.75, 3.05) is 6.54 Å². The molecular weight excluding hydrogens is 568 g/mol. The highest BCUT2D eigenvalue weighted by atomic mass is 16.6. The number of hydrogen-bond donors (Lipinski definition) is 4. The van der Waals surface area contributed by atoms with Crippen LogP contribution in [-0.2, 0) is 19.1 Å². The summed E-state index contributed by atoms with van der Waals surface area (Å²) in [5.74, 6) is -3.03. The van der Waals surface area contributed by atoms with Gasteiger partial charge in [0.2, 0.25) is 11.8 Å². The molecule has 4 amide bonds. The molecule has 1 aromatic heterocycles. The summed E-state index contributed by atoms with van der Waals surface area (Å²) < 4.78 is 11.1. The molecule has 12 nitrogen and oxygen atoms in total. The second-order valence-electron chi connectivity index (χ2n) is 12.9. The third-order valence-corrected chi connectivity index (χ3v) is 8.34. The van der Waals surface area contributed by atoms with Crippen molar-refractivity contribution in [2.45, 2.75) is 95.0 Å². The first-order valence-corrected chi connectivity index (χ1v) is 15.2. The molecule has 4 N–H and O–H groups in total. The number of allylic oxidation sites excluding steroid dienone is 1. The Morgan fingerprint density at radius 2 is 1.89 bits per heavy atom. The molecule has 1 saturated carbocycles. The van der Waals surface area contributed by atoms with Gasteiger partial charge in [-0.3, -0.25) is 14.4 Å². The van der Waals surface area contributed by atoms with Crippen LogP contribution >= 0.6 is 0 Å². The minimum atomic E-state index is -1.45. The lowest BCUT2D eigenvalue weighted by atomic mass is 10.0. The summed E-state index contributed by atoms with van der Waals surface area (Å²) in [7, 11) is 0. The molecule has 1 aromatic carbocycles. The van der Waals surface area contributed by atoms with E-state index in [4.69, 9.17) is 9.15 Å². The number of nitrogens with one attached hydrogen (secondary N) is 3. The van der Waals surface area contributed by atoms with E-state index in [0.717, 1.165) is 24.6 Å². The Labute approximate surface area is 255 Å². The molecule has 3 heterocycles. The molecule has 5 rings (SSSR count). The summed E-state index contributed by atoms with van der Waals surface area (Å²) in [4.78, 5) is 67.3. The number of rotatable bonds is 4. The summed E-state index contributed by atoms with van der Waals surface area (Å²) in [6.07, 6.45) is 6.64. The van der Waals surface area contributed by atoms with Crippen LogP contribution in [0.15, 0.2) is 46.9 Å². The van der Waals surface area contributed by atoms with E-state index in [1.54, 1.807) is 39.0 Å². The van der Waals surface area contributed by atoms with Gasteiger partial charge in [-0.1, -0.05) is 43.2 Å². The molecule has 2 aromatic rings. The number of para-hydroxylation sites is 1. The minimum absolute atomic E-state index is 0.0151. The number of nitrogens with zero attached hydrogens (tertiary/aromatic N) is 1. The Morgan fingerprint density at radius 3 is 2.61 bits per heavy atom. The molecule has 12 heteroatoms. The van der Waals surface area contributed by atoms with Gasteiger partial charge in [-0.05, 0) is 65.0 Å². The third-order valence-electron chi connectivity index (χ3n) is 8.34. The van der Waals surface area contributed by atoms with Crippen molar-refractivity contribution in [2.24, 2.45) is 5.92 Å². The zero-order valence-electron chi connectivity index (χ0n) is 25.3. The van der Waals surface area contributed by atoms with Crippen molar-refractivity contribution in [3.05, 3.63) is 48.2 Å². The molecule has 44 heavy (non-hydrogen) atoms. The number of carboxylic acid groups (broad SMARTS) is 1. The molecule has 2 aliphatic heterocycles. The second-order valence-corrected chi connectivity index (χ2v) is 12.9. The van der Waals surface area contributed by atoms with E-state index >= 15 is 0 Å². The molecule has 5 atom stereocenters. The van der Waals surface area contributed by atoms with Crippen LogP contribution in [0.25, 0.3) is 11.0 Å². The van der Waals surface area contributed by atoms with Crippen molar-refractivity contribution in [3.8, 4) is 0 Å². The first kappa shape index (κ1) is 31.1. The van der Waals surface area contributed by atoms with Crippen molar-refractivity contribution >= 4 is 40.8 Å². The first-order valence-electron chi connectivity index (χ1n) is 15.2. The number of benzene rings is 1. The molecule has 1 saturated heterocycles. The van der Waals surface area contributed by atoms with E-state index in [0.29, 0.717) is 18.4 Å². The van der Waals surface area contributed by atoms with Gasteiger partial charge in [0.25, 0.3) is 5.91 Å². The van der Waals surface area contributed by atoms with Crippen molar-refractivity contribution in [1.29, 1.82) is 0 Å². The Morgan fingerprint density at radius 1 is 1.11 bits per heavy atom. The Hall–Kier alpha value is -4.35. The maximum absolute atomic E-state index is 14.1. The number of carboxylic acids is 1. The highest BCUT2D eigenvalue weighted by Crippen LogP contribution is 2.45. The molecule has 0 radical (unpaired) electrons. The molecule has 3 aliphatic rings. The van der Waals surface area contributed by atoms with Crippen LogP contribution in [0.3, 0.4) is 0 Å². The van der Waals surface area contributed by atoms with Gasteiger partial charge in [-0.25, -0.2) is 9.59 Å². The van der Waals surface area contributed by atoms with Crippen LogP contribution in [0.5, 0.6) is 0 Å². The van der Waals surface area contributed by atoms with Crippen LogP contribution in [0.4, 0.5) is 4.79 Å². The fourth-order valence-electron chi connectivity index (χ4n) is 6.00. The van der Waals surface area contributed by atoms with E-state index in [9.17, 15) is 29.1 Å². The highest BCUT2D eigenvalue weighted by Gasteiger charge is 2.61. The topological polar surface area (TPSA) is 167 Å². The van der Waals surface area contributed by atoms with E-state index in [-0.39, 0.29) is 31.1 Å². The Balaban J connectivity index is 1.40. The monoisotopic (exact) mass is 608 g/mol. The summed E-state index contributed by atoms with van der Waals surface area (Å²) in [6.45, 7) is 5.15. The van der Waals surface area contributed by atoms with Gasteiger partial charge in [-0.15, -0.1) is 0 Å². The lowest BCUT2D eigenvalue weighted by molar-refractivity contribution is -0.145. The van der Waals surface area contributed by atoms with Gasteiger partial charge in [0.05, 0.1) is 0 Å². The van der Waals surface area contributed by atoms with Crippen LogP contribution in [0.1, 0.15) is 76.3 Å². The number of carbonyl (C=O) groups is 5. The number of ether oxygens (including phenoxy) is 1. The number of fused-ring (bicyclic) bond motifs is 3. The second kappa shape index (κ2) is 12.3. The number of alkyl carbamates (subject to hydrolysis) is 1. The van der Waals surface area contributed by atoms with Crippen molar-refractivity contribution in [3.63, 3.8) is 0 Å². The lowest BCUT2D eigenvalue weighted by Crippen LogP contribution is -2.56. The SMILES string of the molecule is CC(C)(C)OC(=O)N[C@H]1CCCCC/C=C\[C@@H]2C[C@@]2(C(=O)O)NC(=O)[C@@H]2C[C@@H](NC(=O)c3cc4ccccc4o3)CN2C1=O. The first-order chi connectivity index (χ1) is 20.9. The largest absolute Gasteiger partial charge is 0.479 e. The van der Waals surface area contributed by atoms with E-state index in [1.165, 1.54) is 4.90 Å². The predicted molar refractivity (Wildman–Crippen MR) is 160 cm³/mol. The van der Waals surface area contributed by atoms with Gasteiger partial charge in [0.1, 0.15) is 28.8 Å². The van der Waals surface area contributed by atoms with E-state index in [2.05, 4.69) is 16.0 Å². The maximum Gasteiger partial charge on any atom is 0.408 e. The van der Waals surface area contributed by atoms with Gasteiger partial charge in [0, 0.05) is 23.9 Å². The number of amides is 4. The smallest absolute Gasteiger partial charge is 0.408 e. The van der Waals surface area contributed by atoms with E-state index < -0.39 is 59.0 Å². The van der Waals surface area contributed by atoms with Crippen LogP contribution in [0, 0.1) is 5.92 Å². The molecule has 1 aliphatic carbocycles. The standard InChI is InChI=1S/C32H40N4O8/c1-31(2,3)44-30(42)34-22-13-8-6-4-5-7-12-20-17-32(20,29(40)41)35-26(37)23-16-21(18-36(23)28(22)39)33-27(38)25-15-19-11-9-10-14-24(19)43-25/h7,9-12,14-15,20-23H,4-6,8,13,16-18H2,1-3H3,(H,33,38)(H,34,42)(H,35,37)(H,40,41)/b12-7-/t20-,21-,22+,23+,32-/m1/s1. The molecule has 0 bridgehead atoms. The van der Waals surface area contributed by atoms with Crippen LogP contribution in [0.2, 0.25) is 0 Å². The lowest BCUT2D eigenvalue weighted by Gasteiger charge is -2.30. The van der Waals surface area contributed by atoms with Gasteiger partial charge in [-0.2, -0.15) is 0 Å². The van der Waals surface area contributed by atoms with Crippen LogP contribution in [-0.4, -0.2) is 75.6 Å². The highest BCUT2D eigenvalue weighted by molar-refractivity contribution is 5.98. The number of aliphatic carboxylic acids is 1. The zero-order valence-corrected chi connectivity index (χ0v) is 25.3. The molecule has 236 valence electrons. The van der Waals surface area contributed by atoms with Crippen LogP contribution < -0.4 is 16.0 Å². The summed E-state index contributed by atoms with van der Waals surface area (Å²) in [5, 5.41) is 19.1. The quantitative estimate of drug-likeness (QED) is 0.383. The number of hydrogen-bond acceptors (Lipinski definition) is 7. The predicted octanol–water partition coefficient (Wildman–Crippen LogP) is 3.51. The molecular formula is C32H40N4O8. The maximum atomic E-state index is 14.1. The fraction of sp³-hybridized carbons (Fsp3) is 0.531. The summed E-state index contributed by atoms with van der Waals surface area (Å²) in [5.41, 5.74) is -1.69.